The highest BCUT2D eigenvalue weighted by Crippen LogP contribution is 2.27. The van der Waals surface area contributed by atoms with Gasteiger partial charge in [-0.3, -0.25) is 14.9 Å². The van der Waals surface area contributed by atoms with E-state index in [9.17, 15) is 19.3 Å². The van der Waals surface area contributed by atoms with E-state index in [0.717, 1.165) is 18.2 Å². The number of halogens is 3. The fourth-order valence-electron chi connectivity index (χ4n) is 1.59. The van der Waals surface area contributed by atoms with Gasteiger partial charge in [0.15, 0.2) is 5.82 Å². The number of nitro groups is 1. The highest BCUT2D eigenvalue weighted by molar-refractivity contribution is 9.10. The van der Waals surface area contributed by atoms with Gasteiger partial charge in [0, 0.05) is 10.5 Å². The summed E-state index contributed by atoms with van der Waals surface area (Å²) in [6.45, 7) is 0. The van der Waals surface area contributed by atoms with Crippen LogP contribution in [0.25, 0.3) is 0 Å². The van der Waals surface area contributed by atoms with Crippen molar-refractivity contribution in [2.24, 2.45) is 0 Å². The van der Waals surface area contributed by atoms with E-state index < -0.39 is 22.3 Å². The first-order valence-electron chi connectivity index (χ1n) is 5.59. The van der Waals surface area contributed by atoms with E-state index in [-0.39, 0.29) is 16.3 Å². The van der Waals surface area contributed by atoms with Crippen molar-refractivity contribution in [3.8, 4) is 0 Å². The summed E-state index contributed by atoms with van der Waals surface area (Å²) in [6.07, 6.45) is 0. The zero-order chi connectivity index (χ0) is 15.6. The predicted molar refractivity (Wildman–Crippen MR) is 80.2 cm³/mol. The van der Waals surface area contributed by atoms with Gasteiger partial charge in [-0.25, -0.2) is 4.39 Å². The Balaban J connectivity index is 2.28. The average Bonchev–Trinajstić information content (AvgIpc) is 2.43. The summed E-state index contributed by atoms with van der Waals surface area (Å²) >= 11 is 9.15. The molecule has 0 unspecified atom stereocenters. The summed E-state index contributed by atoms with van der Waals surface area (Å²) in [5, 5.41) is 13.0. The molecule has 0 fully saturated rings. The highest BCUT2D eigenvalue weighted by Gasteiger charge is 2.16. The number of hydrogen-bond donors (Lipinski definition) is 1. The monoisotopic (exact) mass is 372 g/mol. The molecule has 0 aliphatic heterocycles. The van der Waals surface area contributed by atoms with Crippen molar-refractivity contribution in [3.63, 3.8) is 0 Å². The number of carbonyl (C=O) groups excluding carboxylic acids is 1. The molecular weight excluding hydrogens is 367 g/mol. The van der Waals surface area contributed by atoms with E-state index in [1.54, 1.807) is 12.1 Å². The maximum atomic E-state index is 13.7. The van der Waals surface area contributed by atoms with Crippen LogP contribution >= 0.6 is 27.5 Å². The predicted octanol–water partition coefficient (Wildman–Crippen LogP) is 4.40. The van der Waals surface area contributed by atoms with Gasteiger partial charge < -0.3 is 5.32 Å². The minimum atomic E-state index is -0.899. The third-order valence-corrected chi connectivity index (χ3v) is 3.90. The van der Waals surface area contributed by atoms with Crippen LogP contribution in [0.3, 0.4) is 0 Å². The van der Waals surface area contributed by atoms with Crippen molar-refractivity contribution >= 4 is 44.8 Å². The zero-order valence-corrected chi connectivity index (χ0v) is 12.6. The lowest BCUT2D eigenvalue weighted by Crippen LogP contribution is -2.13. The Kier molecular flexibility index (Phi) is 4.54. The number of rotatable bonds is 3. The SMILES string of the molecule is O=C(Nc1ccc([N+](=O)[O-])cc1F)c1cccc(Br)c1Cl. The molecule has 2 aromatic carbocycles. The lowest BCUT2D eigenvalue weighted by atomic mass is 10.2. The number of carbonyl (C=O) groups is 1. The van der Waals surface area contributed by atoms with Crippen LogP contribution in [0.2, 0.25) is 5.02 Å². The Bertz CT molecular complexity index is 739. The molecule has 0 heterocycles. The van der Waals surface area contributed by atoms with Crippen LogP contribution in [0.15, 0.2) is 40.9 Å². The second-order valence-electron chi connectivity index (χ2n) is 3.98. The fourth-order valence-corrected chi connectivity index (χ4v) is 2.17. The van der Waals surface area contributed by atoms with E-state index in [0.29, 0.717) is 4.47 Å². The molecule has 0 saturated heterocycles. The van der Waals surface area contributed by atoms with Crippen LogP contribution in [-0.2, 0) is 0 Å². The van der Waals surface area contributed by atoms with E-state index in [4.69, 9.17) is 11.6 Å². The fraction of sp³-hybridized carbons (Fsp3) is 0. The summed E-state index contributed by atoms with van der Waals surface area (Å²) in [5.41, 5.74) is -0.406. The molecule has 1 N–H and O–H groups in total. The van der Waals surface area contributed by atoms with Gasteiger partial charge in [0.2, 0.25) is 0 Å². The van der Waals surface area contributed by atoms with Gasteiger partial charge >= 0.3 is 0 Å². The molecule has 0 aliphatic rings. The number of nitrogens with zero attached hydrogens (tertiary/aromatic N) is 1. The summed E-state index contributed by atoms with van der Waals surface area (Å²) in [6, 6.07) is 7.70. The minimum Gasteiger partial charge on any atom is -0.319 e. The molecule has 0 radical (unpaired) electrons. The van der Waals surface area contributed by atoms with Crippen molar-refractivity contribution in [2.75, 3.05) is 5.32 Å². The van der Waals surface area contributed by atoms with Gasteiger partial charge in [-0.05, 0) is 34.1 Å². The molecule has 0 atom stereocenters. The van der Waals surface area contributed by atoms with E-state index in [1.165, 1.54) is 6.07 Å². The quantitative estimate of drug-likeness (QED) is 0.640. The Hall–Kier alpha value is -1.99. The van der Waals surface area contributed by atoms with Gasteiger partial charge in [0.05, 0.1) is 27.3 Å². The number of non-ortho nitro benzene ring substituents is 1. The van der Waals surface area contributed by atoms with Crippen LogP contribution in [-0.4, -0.2) is 10.8 Å². The van der Waals surface area contributed by atoms with Crippen LogP contribution < -0.4 is 5.32 Å². The highest BCUT2D eigenvalue weighted by atomic mass is 79.9. The largest absolute Gasteiger partial charge is 0.319 e. The number of nitro benzene ring substituents is 1. The second kappa shape index (κ2) is 6.19. The molecule has 8 heteroatoms. The molecule has 0 aromatic heterocycles. The maximum Gasteiger partial charge on any atom is 0.272 e. The topological polar surface area (TPSA) is 72.2 Å². The third kappa shape index (κ3) is 3.37. The van der Waals surface area contributed by atoms with Crippen molar-refractivity contribution in [2.45, 2.75) is 0 Å². The summed E-state index contributed by atoms with van der Waals surface area (Å²) in [4.78, 5) is 21.8. The Morgan fingerprint density at radius 3 is 2.67 bits per heavy atom. The van der Waals surface area contributed by atoms with Crippen LogP contribution in [0, 0.1) is 15.9 Å². The molecule has 5 nitrogen and oxygen atoms in total. The van der Waals surface area contributed by atoms with Gasteiger partial charge in [-0.15, -0.1) is 0 Å². The average molecular weight is 374 g/mol. The first-order chi connectivity index (χ1) is 9.90. The first kappa shape index (κ1) is 15.4. The first-order valence-corrected chi connectivity index (χ1v) is 6.76. The molecule has 0 spiro atoms. The van der Waals surface area contributed by atoms with Gasteiger partial charge in [-0.2, -0.15) is 0 Å². The van der Waals surface area contributed by atoms with E-state index in [1.807, 2.05) is 0 Å². The Labute approximate surface area is 132 Å². The summed E-state index contributed by atoms with van der Waals surface area (Å²) in [7, 11) is 0. The van der Waals surface area contributed by atoms with Crippen LogP contribution in [0.4, 0.5) is 15.8 Å². The minimum absolute atomic E-state index is 0.156. The standard InChI is InChI=1S/C13H7BrClFN2O3/c14-9-3-1-2-8(12(9)15)13(19)17-11-5-4-7(18(20)21)6-10(11)16/h1-6H,(H,17,19). The van der Waals surface area contributed by atoms with Gasteiger partial charge in [0.25, 0.3) is 11.6 Å². The number of hydrogen-bond acceptors (Lipinski definition) is 3. The zero-order valence-electron chi connectivity index (χ0n) is 10.3. The summed E-state index contributed by atoms with van der Waals surface area (Å²) < 4.78 is 14.2. The van der Waals surface area contributed by atoms with Gasteiger partial charge in [0.1, 0.15) is 0 Å². The van der Waals surface area contributed by atoms with Crippen molar-refractivity contribution in [1.82, 2.24) is 0 Å². The van der Waals surface area contributed by atoms with E-state index in [2.05, 4.69) is 21.2 Å². The van der Waals surface area contributed by atoms with Crippen molar-refractivity contribution in [3.05, 3.63) is 67.4 Å². The molecular formula is C13H7BrClFN2O3. The Morgan fingerprint density at radius 2 is 2.05 bits per heavy atom. The third-order valence-electron chi connectivity index (χ3n) is 2.61. The molecule has 0 aliphatic carbocycles. The van der Waals surface area contributed by atoms with Crippen molar-refractivity contribution in [1.29, 1.82) is 0 Å². The smallest absolute Gasteiger partial charge is 0.272 e. The molecule has 0 saturated carbocycles. The second-order valence-corrected chi connectivity index (χ2v) is 5.21. The molecule has 108 valence electrons. The van der Waals surface area contributed by atoms with E-state index >= 15 is 0 Å². The lowest BCUT2D eigenvalue weighted by Gasteiger charge is -2.08. The molecule has 0 bridgehead atoms. The summed E-state index contributed by atoms with van der Waals surface area (Å²) in [5.74, 6) is -1.52. The van der Waals surface area contributed by atoms with Crippen LogP contribution in [0.5, 0.6) is 0 Å². The molecule has 21 heavy (non-hydrogen) atoms. The van der Waals surface area contributed by atoms with Gasteiger partial charge in [-0.1, -0.05) is 17.7 Å². The molecule has 2 rings (SSSR count). The molecule has 1 amide bonds. The number of anilines is 1. The number of amides is 1. The maximum absolute atomic E-state index is 13.7. The number of nitrogens with one attached hydrogen (secondary N) is 1. The Morgan fingerprint density at radius 1 is 1.33 bits per heavy atom. The molecule has 2 aromatic rings. The van der Waals surface area contributed by atoms with Crippen LogP contribution in [0.1, 0.15) is 10.4 Å². The number of benzene rings is 2. The normalized spacial score (nSPS) is 10.2. The van der Waals surface area contributed by atoms with Crippen molar-refractivity contribution < 1.29 is 14.1 Å². The lowest BCUT2D eigenvalue weighted by molar-refractivity contribution is -0.385.